The number of likely N-dealkylation sites (N-methyl/N-ethyl adjacent to an activating group) is 1. The molecule has 0 N–H and O–H groups in total. The molecule has 6 nitrogen and oxygen atoms in total. The molecule has 1 aliphatic heterocycles. The maximum Gasteiger partial charge on any atom is 0.246 e. The molecule has 4 rings (SSSR count). The van der Waals surface area contributed by atoms with E-state index in [9.17, 15) is 4.79 Å². The number of carbonyl (C=O) groups excluding carboxylic acids is 1. The normalized spacial score (nSPS) is 15.2. The Morgan fingerprint density at radius 2 is 1.91 bits per heavy atom. The molecule has 0 bridgehead atoms. The van der Waals surface area contributed by atoms with Crippen LogP contribution in [-0.2, 0) is 11.3 Å². The lowest BCUT2D eigenvalue weighted by molar-refractivity contribution is -0.126. The first-order valence-electron chi connectivity index (χ1n) is 10.5. The number of rotatable bonds is 6. The number of benzene rings is 2. The summed E-state index contributed by atoms with van der Waals surface area (Å²) in [5.74, 6) is 1.33. The molecular weight excluding hydrogens is 426 g/mol. The number of carbonyl (C=O) groups is 1. The smallest absolute Gasteiger partial charge is 0.246 e. The maximum absolute atomic E-state index is 12.7. The van der Waals surface area contributed by atoms with Gasteiger partial charge in [0.2, 0.25) is 5.91 Å². The number of aromatic nitrogens is 2. The molecular formula is C25H26ClN3O3. The van der Waals surface area contributed by atoms with Crippen molar-refractivity contribution in [1.82, 2.24) is 14.7 Å². The Bertz CT molecular complexity index is 1160. The highest BCUT2D eigenvalue weighted by Crippen LogP contribution is 2.31. The lowest BCUT2D eigenvalue weighted by Gasteiger charge is -2.29. The molecule has 0 spiro atoms. The van der Waals surface area contributed by atoms with Gasteiger partial charge in [0.25, 0.3) is 0 Å². The van der Waals surface area contributed by atoms with Crippen molar-refractivity contribution in [2.75, 3.05) is 20.2 Å². The van der Waals surface area contributed by atoms with E-state index in [2.05, 4.69) is 5.10 Å². The van der Waals surface area contributed by atoms with Gasteiger partial charge in [-0.1, -0.05) is 41.9 Å². The summed E-state index contributed by atoms with van der Waals surface area (Å²) in [6.45, 7) is 5.35. The monoisotopic (exact) mass is 451 g/mol. The Hall–Kier alpha value is -3.25. The standard InChI is InChI=1S/C25H26ClN3O3/c1-17-21(18(2)29(27-17)14-19-8-4-5-9-22(19)26)12-13-25(30)28(3)15-20-16-31-23-10-6-7-11-24(23)32-20/h4-13,20H,14-16H2,1-3H3/b13-12+. The van der Waals surface area contributed by atoms with E-state index in [0.717, 1.165) is 28.3 Å². The fraction of sp³-hybridized carbons (Fsp3) is 0.280. The first-order chi connectivity index (χ1) is 15.4. The van der Waals surface area contributed by atoms with Crippen molar-refractivity contribution in [3.8, 4) is 11.5 Å². The molecule has 1 amide bonds. The first kappa shape index (κ1) is 22.0. The number of fused-ring (bicyclic) bond motifs is 1. The molecule has 166 valence electrons. The fourth-order valence-corrected chi connectivity index (χ4v) is 3.92. The number of hydrogen-bond acceptors (Lipinski definition) is 4. The third kappa shape index (κ3) is 4.81. The van der Waals surface area contributed by atoms with Crippen LogP contribution in [-0.4, -0.2) is 46.9 Å². The van der Waals surface area contributed by atoms with Crippen molar-refractivity contribution in [3.63, 3.8) is 0 Å². The minimum atomic E-state index is -0.214. The van der Waals surface area contributed by atoms with E-state index in [0.29, 0.717) is 30.5 Å². The first-order valence-corrected chi connectivity index (χ1v) is 10.9. The molecule has 3 aromatic rings. The zero-order valence-corrected chi connectivity index (χ0v) is 19.2. The van der Waals surface area contributed by atoms with Crippen LogP contribution in [0.1, 0.15) is 22.5 Å². The van der Waals surface area contributed by atoms with Crippen LogP contribution in [0.2, 0.25) is 5.02 Å². The summed E-state index contributed by atoms with van der Waals surface area (Å²) in [4.78, 5) is 14.3. The number of halogens is 1. The zero-order chi connectivity index (χ0) is 22.7. The van der Waals surface area contributed by atoms with Crippen LogP contribution in [0.4, 0.5) is 0 Å². The van der Waals surface area contributed by atoms with Crippen molar-refractivity contribution in [2.24, 2.45) is 0 Å². The second-order valence-corrected chi connectivity index (χ2v) is 8.29. The average Bonchev–Trinajstić information content (AvgIpc) is 3.05. The SMILES string of the molecule is Cc1nn(Cc2ccccc2Cl)c(C)c1/C=C/C(=O)N(C)CC1COc2ccccc2O1. The Morgan fingerprint density at radius 3 is 2.69 bits per heavy atom. The maximum atomic E-state index is 12.7. The number of amides is 1. The van der Waals surface area contributed by atoms with Gasteiger partial charge in [0, 0.05) is 29.4 Å². The van der Waals surface area contributed by atoms with Gasteiger partial charge >= 0.3 is 0 Å². The van der Waals surface area contributed by atoms with Crippen LogP contribution in [0.5, 0.6) is 11.5 Å². The number of hydrogen-bond donors (Lipinski definition) is 0. The highest BCUT2D eigenvalue weighted by molar-refractivity contribution is 6.31. The summed E-state index contributed by atoms with van der Waals surface area (Å²) >= 11 is 6.29. The van der Waals surface area contributed by atoms with E-state index in [4.69, 9.17) is 21.1 Å². The lowest BCUT2D eigenvalue weighted by Crippen LogP contribution is -2.41. The molecule has 0 saturated carbocycles. The Balaban J connectivity index is 1.40. The van der Waals surface area contributed by atoms with Gasteiger partial charge in [-0.3, -0.25) is 9.48 Å². The topological polar surface area (TPSA) is 56.6 Å². The van der Waals surface area contributed by atoms with Gasteiger partial charge in [-0.2, -0.15) is 5.10 Å². The molecule has 0 saturated heterocycles. The molecule has 0 fully saturated rings. The predicted molar refractivity (Wildman–Crippen MR) is 125 cm³/mol. The van der Waals surface area contributed by atoms with Gasteiger partial charge in [0.1, 0.15) is 6.61 Å². The molecule has 2 heterocycles. The second-order valence-electron chi connectivity index (χ2n) is 7.88. The molecule has 0 radical (unpaired) electrons. The highest BCUT2D eigenvalue weighted by atomic mass is 35.5. The minimum absolute atomic E-state index is 0.106. The number of para-hydroxylation sites is 2. The van der Waals surface area contributed by atoms with E-state index in [1.807, 2.05) is 73.1 Å². The van der Waals surface area contributed by atoms with E-state index < -0.39 is 0 Å². The molecule has 32 heavy (non-hydrogen) atoms. The van der Waals surface area contributed by atoms with Gasteiger partial charge in [0.15, 0.2) is 17.6 Å². The molecule has 7 heteroatoms. The summed E-state index contributed by atoms with van der Waals surface area (Å²) in [5, 5.41) is 5.34. The Morgan fingerprint density at radius 1 is 1.19 bits per heavy atom. The molecule has 1 unspecified atom stereocenters. The fourth-order valence-electron chi connectivity index (χ4n) is 3.72. The zero-order valence-electron chi connectivity index (χ0n) is 18.4. The molecule has 1 aliphatic rings. The van der Waals surface area contributed by atoms with E-state index in [-0.39, 0.29) is 12.0 Å². The number of aryl methyl sites for hydroxylation is 1. The summed E-state index contributed by atoms with van der Waals surface area (Å²) in [7, 11) is 1.76. The quantitative estimate of drug-likeness (QED) is 0.517. The number of ether oxygens (including phenoxy) is 2. The van der Waals surface area contributed by atoms with Crippen molar-refractivity contribution in [3.05, 3.63) is 82.1 Å². The third-order valence-electron chi connectivity index (χ3n) is 5.53. The Labute approximate surface area is 193 Å². The van der Waals surface area contributed by atoms with Crippen LogP contribution < -0.4 is 9.47 Å². The van der Waals surface area contributed by atoms with Gasteiger partial charge in [-0.15, -0.1) is 0 Å². The van der Waals surface area contributed by atoms with Gasteiger partial charge in [-0.05, 0) is 43.7 Å². The molecule has 0 aliphatic carbocycles. The summed E-state index contributed by atoms with van der Waals surface area (Å²) < 4.78 is 13.6. The highest BCUT2D eigenvalue weighted by Gasteiger charge is 2.23. The largest absolute Gasteiger partial charge is 0.486 e. The lowest BCUT2D eigenvalue weighted by atomic mass is 10.1. The van der Waals surface area contributed by atoms with Gasteiger partial charge in [-0.25, -0.2) is 0 Å². The van der Waals surface area contributed by atoms with Gasteiger partial charge < -0.3 is 14.4 Å². The van der Waals surface area contributed by atoms with Crippen molar-refractivity contribution in [1.29, 1.82) is 0 Å². The molecule has 2 aromatic carbocycles. The van der Waals surface area contributed by atoms with Gasteiger partial charge in [0.05, 0.1) is 18.8 Å². The van der Waals surface area contributed by atoms with Crippen molar-refractivity contribution < 1.29 is 14.3 Å². The second kappa shape index (κ2) is 9.49. The van der Waals surface area contributed by atoms with Crippen LogP contribution in [0.15, 0.2) is 54.6 Å². The molecule has 1 atom stereocenters. The van der Waals surface area contributed by atoms with Crippen molar-refractivity contribution >= 4 is 23.6 Å². The average molecular weight is 452 g/mol. The summed E-state index contributed by atoms with van der Waals surface area (Å²) in [5.41, 5.74) is 3.78. The minimum Gasteiger partial charge on any atom is -0.486 e. The van der Waals surface area contributed by atoms with Crippen molar-refractivity contribution in [2.45, 2.75) is 26.5 Å². The molecule has 1 aromatic heterocycles. The van der Waals surface area contributed by atoms with E-state index >= 15 is 0 Å². The van der Waals surface area contributed by atoms with Crippen LogP contribution >= 0.6 is 11.6 Å². The van der Waals surface area contributed by atoms with E-state index in [1.54, 1.807) is 18.0 Å². The summed E-state index contributed by atoms with van der Waals surface area (Å²) in [6.07, 6.45) is 3.19. The third-order valence-corrected chi connectivity index (χ3v) is 5.90. The Kier molecular flexibility index (Phi) is 6.51. The van der Waals surface area contributed by atoms with Crippen LogP contribution in [0, 0.1) is 13.8 Å². The predicted octanol–water partition coefficient (Wildman–Crippen LogP) is 4.51. The van der Waals surface area contributed by atoms with E-state index in [1.165, 1.54) is 0 Å². The van der Waals surface area contributed by atoms with Crippen LogP contribution in [0.25, 0.3) is 6.08 Å². The number of nitrogens with zero attached hydrogens (tertiary/aromatic N) is 3. The summed E-state index contributed by atoms with van der Waals surface area (Å²) in [6, 6.07) is 15.3. The van der Waals surface area contributed by atoms with Crippen LogP contribution in [0.3, 0.4) is 0 Å².